The third-order valence-electron chi connectivity index (χ3n) is 5.35. The van der Waals surface area contributed by atoms with Gasteiger partial charge < -0.3 is 20.7 Å². The Balaban J connectivity index is 1.34. The zero-order valence-corrected chi connectivity index (χ0v) is 18.8. The van der Waals surface area contributed by atoms with E-state index in [1.807, 2.05) is 11.4 Å². The van der Waals surface area contributed by atoms with Gasteiger partial charge >= 0.3 is 0 Å². The van der Waals surface area contributed by atoms with Crippen molar-refractivity contribution in [1.82, 2.24) is 10.6 Å². The number of rotatable bonds is 8. The van der Waals surface area contributed by atoms with E-state index in [1.54, 1.807) is 54.6 Å². The summed E-state index contributed by atoms with van der Waals surface area (Å²) in [4.78, 5) is 38.1. The van der Waals surface area contributed by atoms with Crippen molar-refractivity contribution < 1.29 is 19.1 Å². The first-order valence-electron chi connectivity index (χ1n) is 10.8. The Morgan fingerprint density at radius 2 is 1.73 bits per heavy atom. The second kappa shape index (κ2) is 10.9. The van der Waals surface area contributed by atoms with Crippen LogP contribution < -0.4 is 16.0 Å². The number of amides is 3. The molecule has 3 amide bonds. The van der Waals surface area contributed by atoms with Crippen LogP contribution in [-0.4, -0.2) is 37.0 Å². The lowest BCUT2D eigenvalue weighted by atomic mass is 10.1. The Morgan fingerprint density at radius 1 is 0.909 bits per heavy atom. The molecule has 0 radical (unpaired) electrons. The van der Waals surface area contributed by atoms with E-state index in [2.05, 4.69) is 16.0 Å². The van der Waals surface area contributed by atoms with Crippen molar-refractivity contribution >= 4 is 34.7 Å². The van der Waals surface area contributed by atoms with Crippen LogP contribution in [0.25, 0.3) is 0 Å². The van der Waals surface area contributed by atoms with Crippen molar-refractivity contribution in [2.75, 3.05) is 18.5 Å². The van der Waals surface area contributed by atoms with Crippen molar-refractivity contribution in [1.29, 1.82) is 0 Å². The van der Waals surface area contributed by atoms with E-state index >= 15 is 0 Å². The van der Waals surface area contributed by atoms with Gasteiger partial charge in [-0.05, 0) is 54.1 Å². The van der Waals surface area contributed by atoms with Crippen LogP contribution in [0.15, 0.2) is 66.0 Å². The molecule has 2 aromatic carbocycles. The predicted molar refractivity (Wildman–Crippen MR) is 128 cm³/mol. The first-order valence-corrected chi connectivity index (χ1v) is 11.7. The third kappa shape index (κ3) is 6.06. The van der Waals surface area contributed by atoms with Crippen LogP contribution >= 0.6 is 11.3 Å². The highest BCUT2D eigenvalue weighted by atomic mass is 32.1. The van der Waals surface area contributed by atoms with E-state index < -0.39 is 0 Å². The summed E-state index contributed by atoms with van der Waals surface area (Å²) in [5, 5.41) is 10.4. The van der Waals surface area contributed by atoms with E-state index in [1.165, 1.54) is 11.3 Å². The van der Waals surface area contributed by atoms with Gasteiger partial charge in [-0.1, -0.05) is 30.3 Å². The molecule has 1 aliphatic rings. The second-order valence-electron chi connectivity index (χ2n) is 7.70. The van der Waals surface area contributed by atoms with Crippen molar-refractivity contribution in [3.63, 3.8) is 0 Å². The van der Waals surface area contributed by atoms with Crippen LogP contribution in [0.4, 0.5) is 5.69 Å². The molecule has 7 nitrogen and oxygen atoms in total. The Kier molecular flexibility index (Phi) is 7.49. The molecule has 1 atom stereocenters. The summed E-state index contributed by atoms with van der Waals surface area (Å²) in [6.07, 6.45) is 1.99. The maximum Gasteiger partial charge on any atom is 0.261 e. The normalized spacial score (nSPS) is 15.1. The van der Waals surface area contributed by atoms with Crippen molar-refractivity contribution in [3.05, 3.63) is 87.6 Å². The molecule has 1 fully saturated rings. The Bertz CT molecular complexity index is 1110. The van der Waals surface area contributed by atoms with E-state index in [0.29, 0.717) is 34.8 Å². The molecule has 1 aromatic heterocycles. The lowest BCUT2D eigenvalue weighted by Crippen LogP contribution is -2.32. The Hall–Kier alpha value is -3.49. The topological polar surface area (TPSA) is 96.5 Å². The molecule has 4 rings (SSSR count). The first kappa shape index (κ1) is 22.7. The van der Waals surface area contributed by atoms with Crippen LogP contribution in [0, 0.1) is 0 Å². The van der Waals surface area contributed by atoms with Crippen LogP contribution in [0.3, 0.4) is 0 Å². The van der Waals surface area contributed by atoms with Gasteiger partial charge in [0.1, 0.15) is 0 Å². The molecular weight excluding hydrogens is 438 g/mol. The minimum atomic E-state index is -0.316. The van der Waals surface area contributed by atoms with E-state index in [0.717, 1.165) is 25.0 Å². The number of ether oxygens (including phenoxy) is 1. The number of hydrogen-bond donors (Lipinski definition) is 3. The predicted octanol–water partition coefficient (Wildman–Crippen LogP) is 3.84. The van der Waals surface area contributed by atoms with Gasteiger partial charge in [-0.2, -0.15) is 0 Å². The lowest BCUT2D eigenvalue weighted by Gasteiger charge is -2.14. The fraction of sp³-hybridized carbons (Fsp3) is 0.240. The van der Waals surface area contributed by atoms with Crippen molar-refractivity contribution in [2.45, 2.75) is 25.5 Å². The zero-order chi connectivity index (χ0) is 23.0. The van der Waals surface area contributed by atoms with E-state index in [-0.39, 0.29) is 23.8 Å². The smallest absolute Gasteiger partial charge is 0.261 e. The monoisotopic (exact) mass is 463 g/mol. The fourth-order valence-corrected chi connectivity index (χ4v) is 4.18. The molecule has 0 aliphatic carbocycles. The summed E-state index contributed by atoms with van der Waals surface area (Å²) >= 11 is 1.39. The highest BCUT2D eigenvalue weighted by Gasteiger charge is 2.18. The highest BCUT2D eigenvalue weighted by Crippen LogP contribution is 2.18. The van der Waals surface area contributed by atoms with E-state index in [4.69, 9.17) is 4.74 Å². The summed E-state index contributed by atoms with van der Waals surface area (Å²) in [7, 11) is 0. The summed E-state index contributed by atoms with van der Waals surface area (Å²) in [5.74, 6) is -0.692. The van der Waals surface area contributed by atoms with Crippen molar-refractivity contribution in [3.8, 4) is 0 Å². The number of anilines is 1. The number of carbonyl (C=O) groups excluding carboxylic acids is 3. The average molecular weight is 464 g/mol. The van der Waals surface area contributed by atoms with Gasteiger partial charge in [0.2, 0.25) is 0 Å². The number of benzene rings is 2. The van der Waals surface area contributed by atoms with Gasteiger partial charge in [-0.15, -0.1) is 11.3 Å². The molecule has 0 saturated carbocycles. The molecular formula is C25H25N3O4S. The zero-order valence-electron chi connectivity index (χ0n) is 18.0. The largest absolute Gasteiger partial charge is 0.376 e. The molecule has 0 spiro atoms. The number of carbonyl (C=O) groups is 3. The second-order valence-corrected chi connectivity index (χ2v) is 8.65. The van der Waals surface area contributed by atoms with Crippen LogP contribution in [0.2, 0.25) is 0 Å². The number of para-hydroxylation sites is 1. The van der Waals surface area contributed by atoms with Gasteiger partial charge in [0.25, 0.3) is 17.7 Å². The van der Waals surface area contributed by atoms with Gasteiger partial charge in [-0.3, -0.25) is 14.4 Å². The van der Waals surface area contributed by atoms with Gasteiger partial charge in [-0.25, -0.2) is 0 Å². The van der Waals surface area contributed by atoms with E-state index in [9.17, 15) is 14.4 Å². The quantitative estimate of drug-likeness (QED) is 0.473. The summed E-state index contributed by atoms with van der Waals surface area (Å²) in [5.41, 5.74) is 2.18. The molecule has 170 valence electrons. The summed E-state index contributed by atoms with van der Waals surface area (Å²) < 4.78 is 5.54. The van der Waals surface area contributed by atoms with Crippen LogP contribution in [-0.2, 0) is 11.3 Å². The maximum absolute atomic E-state index is 12.8. The molecule has 1 saturated heterocycles. The third-order valence-corrected chi connectivity index (χ3v) is 6.22. The highest BCUT2D eigenvalue weighted by molar-refractivity contribution is 7.12. The molecule has 3 N–H and O–H groups in total. The summed E-state index contributed by atoms with van der Waals surface area (Å²) in [6.45, 7) is 1.55. The van der Waals surface area contributed by atoms with Crippen LogP contribution in [0.1, 0.15) is 48.8 Å². The Morgan fingerprint density at radius 3 is 2.45 bits per heavy atom. The Labute approximate surface area is 196 Å². The lowest BCUT2D eigenvalue weighted by molar-refractivity contribution is 0.0858. The molecule has 0 bridgehead atoms. The molecule has 1 aliphatic heterocycles. The minimum absolute atomic E-state index is 0.0457. The number of nitrogens with one attached hydrogen (secondary N) is 3. The SMILES string of the molecule is O=C(Nc1ccccc1C(=O)NCC1CCCO1)c1ccc(CNC(=O)c2cccs2)cc1. The number of thiophene rings is 1. The van der Waals surface area contributed by atoms with Crippen LogP contribution in [0.5, 0.6) is 0 Å². The van der Waals surface area contributed by atoms with Gasteiger partial charge in [0.05, 0.1) is 22.2 Å². The number of hydrogen-bond acceptors (Lipinski definition) is 5. The van der Waals surface area contributed by atoms with Gasteiger partial charge in [0, 0.05) is 25.3 Å². The van der Waals surface area contributed by atoms with Crippen molar-refractivity contribution in [2.24, 2.45) is 0 Å². The minimum Gasteiger partial charge on any atom is -0.376 e. The fourth-order valence-electron chi connectivity index (χ4n) is 3.54. The molecule has 2 heterocycles. The maximum atomic E-state index is 12.8. The molecule has 33 heavy (non-hydrogen) atoms. The summed E-state index contributed by atoms with van der Waals surface area (Å²) in [6, 6.07) is 17.5. The van der Waals surface area contributed by atoms with Gasteiger partial charge in [0.15, 0.2) is 0 Å². The standard InChI is InChI=1S/C25H25N3O4S/c29-23(18-11-9-17(10-12-18)15-26-25(31)22-8-4-14-33-22)28-21-7-2-1-6-20(21)24(30)27-16-19-5-3-13-32-19/h1-2,4,6-12,14,19H,3,5,13,15-16H2,(H,26,31)(H,27,30)(H,28,29). The molecule has 1 unspecified atom stereocenters. The average Bonchev–Trinajstić information content (AvgIpc) is 3.56. The first-order chi connectivity index (χ1) is 16.1. The molecule has 3 aromatic rings. The molecule has 8 heteroatoms.